The molecule has 3 N–H and O–H groups in total. The van der Waals surface area contributed by atoms with E-state index in [1.165, 1.54) is 6.92 Å². The van der Waals surface area contributed by atoms with Crippen LogP contribution in [0.25, 0.3) is 0 Å². The highest BCUT2D eigenvalue weighted by atomic mass is 32.2. The van der Waals surface area contributed by atoms with E-state index in [1.807, 2.05) is 0 Å². The lowest BCUT2D eigenvalue weighted by atomic mass is 10.2. The molecule has 2 atom stereocenters. The second kappa shape index (κ2) is 3.06. The Morgan fingerprint density at radius 3 is 2.00 bits per heavy atom. The third kappa shape index (κ3) is 2.13. The number of rotatable bonds is 3. The maximum Gasteiger partial charge on any atom is 0.297 e. The molecule has 0 saturated carbocycles. The fraction of sp³-hybridized carbons (Fsp3) is 1.00. The van der Waals surface area contributed by atoms with Gasteiger partial charge in [0.1, 0.15) is 0 Å². The Kier molecular flexibility index (Phi) is 3.01. The van der Waals surface area contributed by atoms with E-state index in [9.17, 15) is 8.42 Å². The van der Waals surface area contributed by atoms with Crippen LogP contribution in [-0.2, 0) is 10.1 Å². The summed E-state index contributed by atoms with van der Waals surface area (Å²) in [6.07, 6.45) is -1.43. The summed E-state index contributed by atoms with van der Waals surface area (Å²) in [5.41, 5.74) is 0. The van der Waals surface area contributed by atoms with Crippen LogP contribution in [0.5, 0.6) is 0 Å². The van der Waals surface area contributed by atoms with Gasteiger partial charge in [-0.15, -0.1) is 0 Å². The minimum absolute atomic E-state index is 0.0484. The smallest absolute Gasteiger partial charge is 0.297 e. The molecular weight excluding hydrogens is 172 g/mol. The van der Waals surface area contributed by atoms with Crippen LogP contribution in [0, 0.1) is 0 Å². The molecule has 0 saturated heterocycles. The van der Waals surface area contributed by atoms with Crippen molar-refractivity contribution >= 4 is 10.1 Å². The lowest BCUT2D eigenvalue weighted by molar-refractivity contribution is -0.00843. The highest BCUT2D eigenvalue weighted by molar-refractivity contribution is 7.87. The van der Waals surface area contributed by atoms with Crippen molar-refractivity contribution in [2.75, 3.05) is 0 Å². The van der Waals surface area contributed by atoms with E-state index in [0.29, 0.717) is 0 Å². The van der Waals surface area contributed by atoms with Crippen molar-refractivity contribution < 1.29 is 23.2 Å². The van der Waals surface area contributed by atoms with E-state index in [1.54, 1.807) is 0 Å². The van der Waals surface area contributed by atoms with Gasteiger partial charge < -0.3 is 10.2 Å². The first-order valence-electron chi connectivity index (χ1n) is 3.11. The van der Waals surface area contributed by atoms with E-state index in [-0.39, 0.29) is 6.42 Å². The van der Waals surface area contributed by atoms with Crippen LogP contribution in [0.15, 0.2) is 0 Å². The topological polar surface area (TPSA) is 94.8 Å². The Morgan fingerprint density at radius 1 is 1.55 bits per heavy atom. The maximum atomic E-state index is 10.4. The van der Waals surface area contributed by atoms with Gasteiger partial charge in [0, 0.05) is 0 Å². The van der Waals surface area contributed by atoms with Crippen LogP contribution in [0.1, 0.15) is 20.3 Å². The molecular formula is C5H12O5S. The molecule has 0 aliphatic carbocycles. The van der Waals surface area contributed by atoms with Crippen LogP contribution in [0.2, 0.25) is 0 Å². The zero-order valence-electron chi connectivity index (χ0n) is 6.35. The second-order valence-corrected chi connectivity index (χ2v) is 4.23. The molecule has 0 spiro atoms. The minimum Gasteiger partial charge on any atom is -0.389 e. The SMILES string of the molecule is CCC(O)C(C)(O)S(=O)(=O)O. The minimum atomic E-state index is -4.61. The first-order valence-corrected chi connectivity index (χ1v) is 4.55. The van der Waals surface area contributed by atoms with Crippen LogP contribution in [0.3, 0.4) is 0 Å². The molecule has 5 nitrogen and oxygen atoms in total. The zero-order valence-corrected chi connectivity index (χ0v) is 7.17. The van der Waals surface area contributed by atoms with Gasteiger partial charge in [-0.25, -0.2) is 0 Å². The highest BCUT2D eigenvalue weighted by Gasteiger charge is 2.41. The Bertz CT molecular complexity index is 217. The highest BCUT2D eigenvalue weighted by Crippen LogP contribution is 2.18. The summed E-state index contributed by atoms with van der Waals surface area (Å²) in [4.78, 5) is -2.47. The normalized spacial score (nSPS) is 20.8. The van der Waals surface area contributed by atoms with Gasteiger partial charge in [0.15, 0.2) is 0 Å². The van der Waals surface area contributed by atoms with Gasteiger partial charge in [-0.1, -0.05) is 6.92 Å². The predicted octanol–water partition coefficient (Wildman–Crippen LogP) is -0.646. The lowest BCUT2D eigenvalue weighted by Crippen LogP contribution is -2.45. The fourth-order valence-corrected chi connectivity index (χ4v) is 1.06. The van der Waals surface area contributed by atoms with Crippen LogP contribution < -0.4 is 0 Å². The summed E-state index contributed by atoms with van der Waals surface area (Å²) in [5, 5.41) is 18.0. The molecule has 0 rings (SSSR count). The van der Waals surface area contributed by atoms with Crippen molar-refractivity contribution in [2.24, 2.45) is 0 Å². The standard InChI is InChI=1S/C5H12O5S/c1-3-4(6)5(2,7)11(8,9)10/h4,6-7H,3H2,1-2H3,(H,8,9,10). The quantitative estimate of drug-likeness (QED) is 0.507. The molecule has 0 amide bonds. The van der Waals surface area contributed by atoms with Gasteiger partial charge in [-0.3, -0.25) is 4.55 Å². The second-order valence-electron chi connectivity index (χ2n) is 2.45. The van der Waals surface area contributed by atoms with Crippen molar-refractivity contribution in [1.82, 2.24) is 0 Å². The molecule has 0 aromatic heterocycles. The Balaban J connectivity index is 4.74. The largest absolute Gasteiger partial charge is 0.389 e. The van der Waals surface area contributed by atoms with E-state index in [0.717, 1.165) is 6.92 Å². The van der Waals surface area contributed by atoms with E-state index >= 15 is 0 Å². The zero-order chi connectivity index (χ0) is 9.28. The summed E-state index contributed by atoms with van der Waals surface area (Å²) in [5.74, 6) is 0. The first-order chi connectivity index (χ1) is 4.73. The monoisotopic (exact) mass is 184 g/mol. The van der Waals surface area contributed by atoms with Gasteiger partial charge in [0.2, 0.25) is 4.93 Å². The third-order valence-corrected chi connectivity index (χ3v) is 2.84. The summed E-state index contributed by atoms with van der Waals surface area (Å²) >= 11 is 0. The molecule has 2 unspecified atom stereocenters. The van der Waals surface area contributed by atoms with Gasteiger partial charge in [-0.2, -0.15) is 8.42 Å². The van der Waals surface area contributed by atoms with Crippen molar-refractivity contribution in [3.8, 4) is 0 Å². The molecule has 11 heavy (non-hydrogen) atoms. The van der Waals surface area contributed by atoms with Crippen LogP contribution in [0.4, 0.5) is 0 Å². The van der Waals surface area contributed by atoms with Crippen molar-refractivity contribution in [3.05, 3.63) is 0 Å². The number of hydrogen-bond donors (Lipinski definition) is 3. The molecule has 0 aliphatic heterocycles. The van der Waals surface area contributed by atoms with E-state index in [4.69, 9.17) is 14.8 Å². The van der Waals surface area contributed by atoms with Gasteiger partial charge in [0.25, 0.3) is 10.1 Å². The number of aliphatic hydroxyl groups is 2. The summed E-state index contributed by atoms with van der Waals surface area (Å²) in [6, 6.07) is 0. The van der Waals surface area contributed by atoms with Gasteiger partial charge in [-0.05, 0) is 13.3 Å². The van der Waals surface area contributed by atoms with E-state index < -0.39 is 21.2 Å². The molecule has 6 heteroatoms. The van der Waals surface area contributed by atoms with Crippen molar-refractivity contribution in [1.29, 1.82) is 0 Å². The third-order valence-electron chi connectivity index (χ3n) is 1.53. The number of aliphatic hydroxyl groups excluding tert-OH is 1. The van der Waals surface area contributed by atoms with Crippen LogP contribution in [-0.4, -0.2) is 34.2 Å². The number of hydrogen-bond acceptors (Lipinski definition) is 4. The molecule has 0 bridgehead atoms. The Hall–Kier alpha value is -0.170. The Labute approximate surface area is 65.4 Å². The Morgan fingerprint density at radius 2 is 1.91 bits per heavy atom. The first kappa shape index (κ1) is 10.8. The summed E-state index contributed by atoms with van der Waals surface area (Å²) < 4.78 is 29.2. The molecule has 0 fully saturated rings. The summed E-state index contributed by atoms with van der Waals surface area (Å²) in [7, 11) is -4.61. The molecule has 0 heterocycles. The maximum absolute atomic E-state index is 10.4. The van der Waals surface area contributed by atoms with Crippen molar-refractivity contribution in [3.63, 3.8) is 0 Å². The van der Waals surface area contributed by atoms with Crippen LogP contribution >= 0.6 is 0 Å². The molecule has 0 aliphatic rings. The summed E-state index contributed by atoms with van der Waals surface area (Å²) in [6.45, 7) is 2.33. The average Bonchev–Trinajstić information content (AvgIpc) is 1.83. The van der Waals surface area contributed by atoms with E-state index in [2.05, 4.69) is 0 Å². The fourth-order valence-electron chi connectivity index (χ4n) is 0.551. The predicted molar refractivity (Wildman–Crippen MR) is 38.5 cm³/mol. The molecule has 0 aromatic carbocycles. The lowest BCUT2D eigenvalue weighted by Gasteiger charge is -2.24. The molecule has 0 radical (unpaired) electrons. The average molecular weight is 184 g/mol. The van der Waals surface area contributed by atoms with Gasteiger partial charge >= 0.3 is 0 Å². The van der Waals surface area contributed by atoms with Crippen molar-refractivity contribution in [2.45, 2.75) is 31.3 Å². The molecule has 68 valence electrons. The molecule has 0 aromatic rings. The van der Waals surface area contributed by atoms with Gasteiger partial charge in [0.05, 0.1) is 6.10 Å².